The molecule has 1 saturated heterocycles. The summed E-state index contributed by atoms with van der Waals surface area (Å²) >= 11 is 1.77. The van der Waals surface area contributed by atoms with Crippen LogP contribution in [0.15, 0.2) is 35.3 Å². The number of aliphatic imine (C=N–C) groups is 1. The van der Waals surface area contributed by atoms with Gasteiger partial charge in [0.2, 0.25) is 0 Å². The van der Waals surface area contributed by atoms with Gasteiger partial charge in [-0.2, -0.15) is 0 Å². The molecule has 0 saturated carbocycles. The molecule has 1 aliphatic rings. The molecular formula is C20H27FN4OS. The second-order valence-corrected chi connectivity index (χ2v) is 7.82. The van der Waals surface area contributed by atoms with E-state index in [9.17, 15) is 4.39 Å². The van der Waals surface area contributed by atoms with Crippen LogP contribution in [-0.2, 0) is 17.8 Å². The molecular weight excluding hydrogens is 363 g/mol. The van der Waals surface area contributed by atoms with Crippen molar-refractivity contribution >= 4 is 23.0 Å². The van der Waals surface area contributed by atoms with Crippen molar-refractivity contribution in [3.63, 3.8) is 0 Å². The third-order valence-corrected chi connectivity index (χ3v) is 5.35. The average Bonchev–Trinajstić information content (AvgIpc) is 3.10. The number of rotatable bonds is 6. The Labute approximate surface area is 164 Å². The molecule has 0 atom stereocenters. The average molecular weight is 391 g/mol. The van der Waals surface area contributed by atoms with E-state index in [4.69, 9.17) is 4.74 Å². The number of aryl methyl sites for hydroxylation is 1. The number of nitrogens with zero attached hydrogens (tertiary/aromatic N) is 2. The van der Waals surface area contributed by atoms with Crippen LogP contribution in [-0.4, -0.2) is 38.8 Å². The lowest BCUT2D eigenvalue weighted by Crippen LogP contribution is -2.37. The van der Waals surface area contributed by atoms with Crippen LogP contribution in [0.2, 0.25) is 0 Å². The zero-order valence-corrected chi connectivity index (χ0v) is 16.7. The van der Waals surface area contributed by atoms with Crippen molar-refractivity contribution in [3.8, 4) is 0 Å². The molecule has 1 fully saturated rings. The topological polar surface area (TPSA) is 48.9 Å². The minimum atomic E-state index is -0.198. The zero-order chi connectivity index (χ0) is 19.1. The van der Waals surface area contributed by atoms with Gasteiger partial charge < -0.3 is 20.3 Å². The summed E-state index contributed by atoms with van der Waals surface area (Å²) in [4.78, 5) is 9.17. The maximum Gasteiger partial charge on any atom is 0.191 e. The molecule has 2 heterocycles. The lowest BCUT2D eigenvalue weighted by molar-refractivity contribution is 0.122. The lowest BCUT2D eigenvalue weighted by atomic mass is 10.1. The summed E-state index contributed by atoms with van der Waals surface area (Å²) in [6.07, 6.45) is 0. The number of guanidine groups is 1. The maximum atomic E-state index is 14.5. The Balaban J connectivity index is 1.61. The molecule has 1 aromatic heterocycles. The molecule has 0 radical (unpaired) electrons. The summed E-state index contributed by atoms with van der Waals surface area (Å²) in [5.41, 5.74) is 1.50. The molecule has 0 bridgehead atoms. The fourth-order valence-electron chi connectivity index (χ4n) is 2.97. The van der Waals surface area contributed by atoms with Gasteiger partial charge >= 0.3 is 0 Å². The van der Waals surface area contributed by atoms with Gasteiger partial charge in [0.05, 0.1) is 32.0 Å². The molecule has 0 aliphatic carbocycles. The van der Waals surface area contributed by atoms with E-state index in [1.165, 1.54) is 9.75 Å². The Morgan fingerprint density at radius 3 is 2.70 bits per heavy atom. The van der Waals surface area contributed by atoms with Crippen LogP contribution < -0.4 is 15.5 Å². The quantitative estimate of drug-likeness (QED) is 0.587. The van der Waals surface area contributed by atoms with E-state index >= 15 is 0 Å². The number of halogens is 1. The highest BCUT2D eigenvalue weighted by atomic mass is 32.1. The Kier molecular flexibility index (Phi) is 7.06. The third kappa shape index (κ3) is 5.68. The highest BCUT2D eigenvalue weighted by Crippen LogP contribution is 2.22. The molecule has 0 spiro atoms. The van der Waals surface area contributed by atoms with Crippen molar-refractivity contribution in [2.45, 2.75) is 26.9 Å². The number of anilines is 1. The van der Waals surface area contributed by atoms with Crippen LogP contribution >= 0.6 is 11.3 Å². The smallest absolute Gasteiger partial charge is 0.191 e. The van der Waals surface area contributed by atoms with Crippen LogP contribution in [0.5, 0.6) is 0 Å². The number of hydrogen-bond acceptors (Lipinski definition) is 4. The normalized spacial score (nSPS) is 15.1. The van der Waals surface area contributed by atoms with Crippen molar-refractivity contribution in [2.24, 2.45) is 4.99 Å². The van der Waals surface area contributed by atoms with Gasteiger partial charge in [-0.1, -0.05) is 6.07 Å². The number of hydrogen-bond donors (Lipinski definition) is 2. The van der Waals surface area contributed by atoms with Gasteiger partial charge in [-0.05, 0) is 43.7 Å². The summed E-state index contributed by atoms with van der Waals surface area (Å²) in [5.74, 6) is 0.540. The fourth-order valence-corrected chi connectivity index (χ4v) is 3.80. The number of morpholine rings is 1. The summed E-state index contributed by atoms with van der Waals surface area (Å²) in [6.45, 7) is 8.81. The van der Waals surface area contributed by atoms with Crippen molar-refractivity contribution in [1.29, 1.82) is 0 Å². The van der Waals surface area contributed by atoms with Crippen molar-refractivity contribution < 1.29 is 9.13 Å². The molecule has 0 amide bonds. The van der Waals surface area contributed by atoms with E-state index < -0.39 is 0 Å². The Hall–Kier alpha value is -2.12. The van der Waals surface area contributed by atoms with E-state index in [-0.39, 0.29) is 5.82 Å². The molecule has 2 aromatic rings. The van der Waals surface area contributed by atoms with Crippen molar-refractivity contribution in [1.82, 2.24) is 10.6 Å². The molecule has 3 rings (SSSR count). The summed E-state index contributed by atoms with van der Waals surface area (Å²) < 4.78 is 19.9. The predicted molar refractivity (Wildman–Crippen MR) is 110 cm³/mol. The first-order valence-electron chi connectivity index (χ1n) is 9.34. The van der Waals surface area contributed by atoms with E-state index in [2.05, 4.69) is 34.7 Å². The second kappa shape index (κ2) is 9.71. The monoisotopic (exact) mass is 390 g/mol. The summed E-state index contributed by atoms with van der Waals surface area (Å²) in [6, 6.07) is 9.62. The molecule has 146 valence electrons. The van der Waals surface area contributed by atoms with Gasteiger partial charge in [0, 0.05) is 29.4 Å². The molecule has 1 aliphatic heterocycles. The number of ether oxygens (including phenoxy) is 1. The lowest BCUT2D eigenvalue weighted by Gasteiger charge is -2.29. The van der Waals surface area contributed by atoms with Crippen molar-refractivity contribution in [2.75, 3.05) is 37.7 Å². The Morgan fingerprint density at radius 2 is 2.04 bits per heavy atom. The second-order valence-electron chi connectivity index (χ2n) is 6.45. The van der Waals surface area contributed by atoms with Gasteiger partial charge in [-0.25, -0.2) is 9.38 Å². The van der Waals surface area contributed by atoms with Crippen LogP contribution in [0, 0.1) is 12.7 Å². The van der Waals surface area contributed by atoms with Gasteiger partial charge in [-0.3, -0.25) is 0 Å². The Morgan fingerprint density at radius 1 is 1.22 bits per heavy atom. The minimum absolute atomic E-state index is 0.198. The molecule has 1 aromatic carbocycles. The fraction of sp³-hybridized carbons (Fsp3) is 0.450. The van der Waals surface area contributed by atoms with Gasteiger partial charge in [0.1, 0.15) is 5.82 Å². The van der Waals surface area contributed by atoms with Crippen molar-refractivity contribution in [3.05, 3.63) is 51.5 Å². The first-order valence-corrected chi connectivity index (χ1v) is 10.2. The predicted octanol–water partition coefficient (Wildman–Crippen LogP) is 3.29. The van der Waals surface area contributed by atoms with E-state index in [0.717, 1.165) is 37.7 Å². The highest BCUT2D eigenvalue weighted by molar-refractivity contribution is 7.11. The summed E-state index contributed by atoms with van der Waals surface area (Å²) in [7, 11) is 0. The largest absolute Gasteiger partial charge is 0.378 e. The molecule has 27 heavy (non-hydrogen) atoms. The molecule has 0 unspecified atom stereocenters. The molecule has 7 heteroatoms. The molecule has 5 nitrogen and oxygen atoms in total. The number of thiophene rings is 1. The first kappa shape index (κ1) is 19.6. The minimum Gasteiger partial charge on any atom is -0.378 e. The van der Waals surface area contributed by atoms with E-state index in [0.29, 0.717) is 25.4 Å². The maximum absolute atomic E-state index is 14.5. The van der Waals surface area contributed by atoms with Crippen LogP contribution in [0.1, 0.15) is 22.2 Å². The Bertz CT molecular complexity index is 771. The first-order chi connectivity index (χ1) is 13.2. The number of benzene rings is 1. The number of nitrogens with one attached hydrogen (secondary N) is 2. The third-order valence-electron chi connectivity index (χ3n) is 4.35. The van der Waals surface area contributed by atoms with Gasteiger partial charge in [0.15, 0.2) is 5.96 Å². The van der Waals surface area contributed by atoms with Crippen LogP contribution in [0.3, 0.4) is 0 Å². The van der Waals surface area contributed by atoms with Gasteiger partial charge in [0.25, 0.3) is 0 Å². The van der Waals surface area contributed by atoms with Gasteiger partial charge in [-0.15, -0.1) is 11.3 Å². The standard InChI is InChI=1S/C20H27FN4OS/c1-3-22-20(24-14-17-6-4-15(2)27-17)23-13-16-5-7-19(18(21)12-16)25-8-10-26-11-9-25/h4-7,12H,3,8-11,13-14H2,1-2H3,(H2,22,23,24). The SMILES string of the molecule is CCNC(=NCc1ccc(N2CCOCC2)c(F)c1)NCc1ccc(C)s1. The zero-order valence-electron chi connectivity index (χ0n) is 15.9. The van der Waals surface area contributed by atoms with E-state index in [1.54, 1.807) is 17.4 Å². The highest BCUT2D eigenvalue weighted by Gasteiger charge is 2.15. The van der Waals surface area contributed by atoms with E-state index in [1.807, 2.05) is 24.0 Å². The van der Waals surface area contributed by atoms with Crippen LogP contribution in [0.25, 0.3) is 0 Å². The summed E-state index contributed by atoms with van der Waals surface area (Å²) in [5, 5.41) is 6.57. The van der Waals surface area contributed by atoms with Crippen LogP contribution in [0.4, 0.5) is 10.1 Å². The molecule has 2 N–H and O–H groups in total.